The largest absolute Gasteiger partial charge is 0.419 e. The number of nitrogens with zero attached hydrogens (tertiary/aromatic N) is 7. The zero-order chi connectivity index (χ0) is 42.2. The van der Waals surface area contributed by atoms with Crippen molar-refractivity contribution in [2.45, 2.75) is 101 Å². The molecule has 1 aliphatic carbocycles. The number of anilines is 2. The van der Waals surface area contributed by atoms with Crippen molar-refractivity contribution in [3.8, 4) is 6.07 Å². The quantitative estimate of drug-likeness (QED) is 0.186. The van der Waals surface area contributed by atoms with Crippen LogP contribution in [0.15, 0.2) is 30.6 Å². The summed E-state index contributed by atoms with van der Waals surface area (Å²) in [6.45, 7) is 3.32. The van der Waals surface area contributed by atoms with E-state index < -0.39 is 65.4 Å². The van der Waals surface area contributed by atoms with Gasteiger partial charge in [0, 0.05) is 38.3 Å². The van der Waals surface area contributed by atoms with Crippen LogP contribution in [0, 0.1) is 17.2 Å². The molecule has 0 aromatic carbocycles. The number of carbonyl (C=O) groups excluding carboxylic acids is 4. The zero-order valence-corrected chi connectivity index (χ0v) is 32.6. The normalized spacial score (nSPS) is 24.8. The van der Waals surface area contributed by atoms with Gasteiger partial charge in [-0.25, -0.2) is 9.97 Å². The van der Waals surface area contributed by atoms with Crippen LogP contribution >= 0.6 is 12.2 Å². The second-order valence-electron chi connectivity index (χ2n) is 15.7. The van der Waals surface area contributed by atoms with Crippen LogP contribution in [0.4, 0.5) is 37.8 Å². The molecule has 0 spiro atoms. The number of thiocarbonyl (C=S) groups is 1. The number of amides is 4. The standard InChI is InChI=1S/C38H43F6N9O4S/c1-36(2)34(57)52(25-17-27(37(39,40)41)28(18-45)47-19-25)35(58)53(36)24-7-5-22(6-8-24)4-3-13-50-14-15-51(29(20-50)38(42,43)44)21-32(55)48-30-16-23(11-12-46-30)26-9-10-31(54)49-33(26)56/h11-12,16-17,19,22,24,26,29H,3-10,13-15,20-21H2,1-2H3,(H,46,48,55)(H,49,54,56)/t22?,24?,26?,29-/m1/s1. The maximum absolute atomic E-state index is 14.3. The average molecular weight is 836 g/mol. The first kappa shape index (κ1) is 42.9. The van der Waals surface area contributed by atoms with Gasteiger partial charge in [-0.2, -0.15) is 31.6 Å². The fourth-order valence-electron chi connectivity index (χ4n) is 8.52. The van der Waals surface area contributed by atoms with Crippen LogP contribution in [0.1, 0.15) is 88.0 Å². The number of rotatable bonds is 10. The second-order valence-corrected chi connectivity index (χ2v) is 16.1. The molecule has 1 saturated carbocycles. The van der Waals surface area contributed by atoms with E-state index >= 15 is 0 Å². The zero-order valence-electron chi connectivity index (χ0n) is 31.8. The van der Waals surface area contributed by atoms with Crippen molar-refractivity contribution in [2.75, 3.05) is 42.9 Å². The van der Waals surface area contributed by atoms with E-state index in [1.807, 2.05) is 0 Å². The first-order valence-electron chi connectivity index (χ1n) is 19.1. The maximum Gasteiger partial charge on any atom is 0.419 e. The number of pyridine rings is 2. The lowest BCUT2D eigenvalue weighted by Gasteiger charge is -2.42. The number of aromatic nitrogens is 2. The van der Waals surface area contributed by atoms with E-state index in [1.54, 1.807) is 29.7 Å². The van der Waals surface area contributed by atoms with E-state index in [-0.39, 0.29) is 54.0 Å². The SMILES string of the molecule is CC1(C)C(=O)N(c2cnc(C#N)c(C(F)(F)F)c2)C(=S)N1C1CCC(CCCN2CCN(CC(=O)Nc3cc(C4CCC(=O)NC4=O)ccn3)[C@@H](C(F)(F)F)C2)CC1. The molecule has 2 atom stereocenters. The van der Waals surface area contributed by atoms with Gasteiger partial charge in [0.15, 0.2) is 10.8 Å². The van der Waals surface area contributed by atoms with E-state index in [0.29, 0.717) is 50.4 Å². The summed E-state index contributed by atoms with van der Waals surface area (Å²) in [6, 6.07) is 3.19. The lowest BCUT2D eigenvalue weighted by atomic mass is 9.82. The molecule has 2 N–H and O–H groups in total. The van der Waals surface area contributed by atoms with Crippen LogP contribution in [0.25, 0.3) is 0 Å². The lowest BCUT2D eigenvalue weighted by molar-refractivity contribution is -0.197. The van der Waals surface area contributed by atoms with Crippen molar-refractivity contribution in [3.05, 3.63) is 47.4 Å². The van der Waals surface area contributed by atoms with Crippen molar-refractivity contribution in [2.24, 2.45) is 5.92 Å². The number of piperazine rings is 1. The van der Waals surface area contributed by atoms with Gasteiger partial charge in [-0.05, 0) is 107 Å². The summed E-state index contributed by atoms with van der Waals surface area (Å²) in [5.41, 5.74) is -2.87. The molecule has 4 aliphatic rings. The smallest absolute Gasteiger partial charge is 0.331 e. The number of nitrogens with one attached hydrogen (secondary N) is 2. The number of imide groups is 1. The first-order valence-corrected chi connectivity index (χ1v) is 19.5. The average Bonchev–Trinajstić information content (AvgIpc) is 3.33. The van der Waals surface area contributed by atoms with Crippen LogP contribution in [0.5, 0.6) is 0 Å². The Bertz CT molecular complexity index is 1980. The summed E-state index contributed by atoms with van der Waals surface area (Å²) in [7, 11) is 0. The van der Waals surface area contributed by atoms with Crippen LogP contribution in [0.2, 0.25) is 0 Å². The van der Waals surface area contributed by atoms with Crippen molar-refractivity contribution >= 4 is 52.5 Å². The van der Waals surface area contributed by atoms with Crippen molar-refractivity contribution < 1.29 is 45.5 Å². The summed E-state index contributed by atoms with van der Waals surface area (Å²) in [6.07, 6.45) is -2.31. The number of hydrogen-bond donors (Lipinski definition) is 2. The van der Waals surface area contributed by atoms with E-state index in [4.69, 9.17) is 17.5 Å². The van der Waals surface area contributed by atoms with Gasteiger partial charge in [0.1, 0.15) is 23.5 Å². The van der Waals surface area contributed by atoms with Gasteiger partial charge >= 0.3 is 12.4 Å². The Morgan fingerprint density at radius 3 is 2.43 bits per heavy atom. The number of alkyl halides is 6. The van der Waals surface area contributed by atoms with Crippen LogP contribution in [0.3, 0.4) is 0 Å². The second kappa shape index (κ2) is 16.9. The molecule has 0 radical (unpaired) electrons. The molecule has 4 amide bonds. The molecule has 3 saturated heterocycles. The van der Waals surface area contributed by atoms with Gasteiger partial charge in [0.25, 0.3) is 5.91 Å². The van der Waals surface area contributed by atoms with Crippen LogP contribution < -0.4 is 15.5 Å². The highest BCUT2D eigenvalue weighted by Crippen LogP contribution is 2.41. The molecular formula is C38H43F6N9O4S. The molecule has 0 bridgehead atoms. The van der Waals surface area contributed by atoms with Crippen molar-refractivity contribution in [1.82, 2.24) is 30.0 Å². The maximum atomic E-state index is 14.3. The van der Waals surface area contributed by atoms with E-state index in [1.165, 1.54) is 18.3 Å². The molecule has 2 aromatic heterocycles. The van der Waals surface area contributed by atoms with E-state index in [0.717, 1.165) is 35.3 Å². The third-order valence-electron chi connectivity index (χ3n) is 11.5. The Kier molecular flexibility index (Phi) is 12.5. The minimum absolute atomic E-state index is 0.0176. The predicted molar refractivity (Wildman–Crippen MR) is 201 cm³/mol. The highest BCUT2D eigenvalue weighted by molar-refractivity contribution is 7.80. The fourth-order valence-corrected chi connectivity index (χ4v) is 9.08. The van der Waals surface area contributed by atoms with Gasteiger partial charge in [-0.1, -0.05) is 0 Å². The minimum atomic E-state index is -4.87. The Labute approximate surface area is 336 Å². The van der Waals surface area contributed by atoms with Crippen LogP contribution in [-0.4, -0.2) is 110 Å². The summed E-state index contributed by atoms with van der Waals surface area (Å²) >= 11 is 5.67. The predicted octanol–water partition coefficient (Wildman–Crippen LogP) is 5.13. The molecule has 2 aromatic rings. The number of piperidine rings is 1. The van der Waals surface area contributed by atoms with Gasteiger partial charge in [-0.3, -0.25) is 34.3 Å². The van der Waals surface area contributed by atoms with Gasteiger partial charge in [-0.15, -0.1) is 0 Å². The Hall–Kier alpha value is -4.74. The van der Waals surface area contributed by atoms with E-state index in [9.17, 15) is 45.5 Å². The summed E-state index contributed by atoms with van der Waals surface area (Å²) in [4.78, 5) is 63.7. The highest BCUT2D eigenvalue weighted by atomic mass is 32.1. The summed E-state index contributed by atoms with van der Waals surface area (Å²) in [5, 5.41) is 14.0. The fraction of sp³-hybridized carbons (Fsp3) is 0.579. The lowest BCUT2D eigenvalue weighted by Crippen LogP contribution is -2.60. The summed E-state index contributed by atoms with van der Waals surface area (Å²) < 4.78 is 83.9. The van der Waals surface area contributed by atoms with Gasteiger partial charge in [0.05, 0.1) is 29.9 Å². The molecule has 58 heavy (non-hydrogen) atoms. The molecule has 312 valence electrons. The molecule has 1 unspecified atom stereocenters. The molecular weight excluding hydrogens is 793 g/mol. The van der Waals surface area contributed by atoms with Crippen molar-refractivity contribution in [3.63, 3.8) is 0 Å². The van der Waals surface area contributed by atoms with Crippen molar-refractivity contribution in [1.29, 1.82) is 5.26 Å². The third-order valence-corrected chi connectivity index (χ3v) is 11.9. The Morgan fingerprint density at radius 2 is 1.78 bits per heavy atom. The number of carbonyl (C=O) groups is 4. The van der Waals surface area contributed by atoms with Gasteiger partial charge in [0.2, 0.25) is 17.7 Å². The number of nitriles is 1. The van der Waals surface area contributed by atoms with Gasteiger partial charge < -0.3 is 15.1 Å². The molecule has 3 aliphatic heterocycles. The Balaban J connectivity index is 0.982. The molecule has 4 fully saturated rings. The monoisotopic (exact) mass is 835 g/mol. The highest BCUT2D eigenvalue weighted by Gasteiger charge is 2.53. The topological polar surface area (TPSA) is 155 Å². The Morgan fingerprint density at radius 1 is 1.05 bits per heavy atom. The summed E-state index contributed by atoms with van der Waals surface area (Å²) in [5.74, 6) is -2.26. The third kappa shape index (κ3) is 9.26. The van der Waals surface area contributed by atoms with Crippen LogP contribution in [-0.2, 0) is 25.4 Å². The molecule has 20 heteroatoms. The minimum Gasteiger partial charge on any atom is -0.331 e. The molecule has 13 nitrogen and oxygen atoms in total. The number of hydrogen-bond acceptors (Lipinski definition) is 10. The molecule has 5 heterocycles. The number of halogens is 6. The molecule has 6 rings (SSSR count). The first-order chi connectivity index (χ1) is 27.3. The van der Waals surface area contributed by atoms with E-state index in [2.05, 4.69) is 20.6 Å².